The molecule has 1 N–H and O–H groups in total. The summed E-state index contributed by atoms with van der Waals surface area (Å²) in [6, 6.07) is 0. The zero-order valence-corrected chi connectivity index (χ0v) is 8.09. The van der Waals surface area contributed by atoms with Gasteiger partial charge in [0.15, 0.2) is 0 Å². The van der Waals surface area contributed by atoms with E-state index in [4.69, 9.17) is 21.4 Å². The van der Waals surface area contributed by atoms with Crippen molar-refractivity contribution in [2.24, 2.45) is 5.92 Å². The van der Waals surface area contributed by atoms with E-state index in [2.05, 4.69) is 0 Å². The highest BCUT2D eigenvalue weighted by molar-refractivity contribution is 6.18. The van der Waals surface area contributed by atoms with Crippen LogP contribution in [0.25, 0.3) is 0 Å². The van der Waals surface area contributed by atoms with Crippen molar-refractivity contribution < 1.29 is 9.84 Å². The molecule has 0 aliphatic heterocycles. The number of aliphatic hydroxyl groups is 1. The predicted octanol–water partition coefficient (Wildman–Crippen LogP) is 1.79. The zero-order valence-electron chi connectivity index (χ0n) is 7.34. The molecule has 0 aromatic heterocycles. The summed E-state index contributed by atoms with van der Waals surface area (Å²) in [5.41, 5.74) is 0. The third kappa shape index (κ3) is 3.74. The Bertz CT molecular complexity index is 113. The van der Waals surface area contributed by atoms with E-state index >= 15 is 0 Å². The summed E-state index contributed by atoms with van der Waals surface area (Å²) in [4.78, 5) is 0. The average molecular weight is 193 g/mol. The van der Waals surface area contributed by atoms with Crippen LogP contribution < -0.4 is 0 Å². The number of hydrogen-bond acceptors (Lipinski definition) is 2. The summed E-state index contributed by atoms with van der Waals surface area (Å²) < 4.78 is 5.34. The number of hydrogen-bond donors (Lipinski definition) is 1. The van der Waals surface area contributed by atoms with Crippen molar-refractivity contribution in [1.82, 2.24) is 0 Å². The Balaban J connectivity index is 1.94. The monoisotopic (exact) mass is 192 g/mol. The van der Waals surface area contributed by atoms with Crippen LogP contribution in [0.4, 0.5) is 0 Å². The molecule has 12 heavy (non-hydrogen) atoms. The van der Waals surface area contributed by atoms with Crippen molar-refractivity contribution in [3.8, 4) is 0 Å². The maximum atomic E-state index is 9.07. The van der Waals surface area contributed by atoms with Crippen molar-refractivity contribution in [3.05, 3.63) is 0 Å². The standard InChI is InChI=1S/C9H17ClO2/c10-5-9(11)7-12-6-8-3-1-2-4-8/h8-9,11H,1-7H2. The van der Waals surface area contributed by atoms with Gasteiger partial charge in [0.2, 0.25) is 0 Å². The molecule has 2 nitrogen and oxygen atoms in total. The van der Waals surface area contributed by atoms with Crippen LogP contribution in [0.2, 0.25) is 0 Å². The van der Waals surface area contributed by atoms with Crippen LogP contribution in [0.1, 0.15) is 25.7 Å². The smallest absolute Gasteiger partial charge is 0.0908 e. The molecule has 1 saturated carbocycles. The fraction of sp³-hybridized carbons (Fsp3) is 1.00. The molecule has 0 spiro atoms. The number of halogens is 1. The van der Waals surface area contributed by atoms with Gasteiger partial charge in [-0.1, -0.05) is 12.8 Å². The van der Waals surface area contributed by atoms with Gasteiger partial charge in [-0.05, 0) is 18.8 Å². The largest absolute Gasteiger partial charge is 0.389 e. The molecule has 0 heterocycles. The Labute approximate surface area is 78.9 Å². The zero-order chi connectivity index (χ0) is 8.81. The van der Waals surface area contributed by atoms with Gasteiger partial charge < -0.3 is 9.84 Å². The SMILES string of the molecule is OC(CCl)COCC1CCCC1. The van der Waals surface area contributed by atoms with Crippen LogP contribution in [0.5, 0.6) is 0 Å². The molecule has 0 bridgehead atoms. The van der Waals surface area contributed by atoms with E-state index in [0.29, 0.717) is 6.61 Å². The topological polar surface area (TPSA) is 29.5 Å². The van der Waals surface area contributed by atoms with E-state index in [0.717, 1.165) is 12.5 Å². The lowest BCUT2D eigenvalue weighted by Crippen LogP contribution is -2.19. The van der Waals surface area contributed by atoms with Gasteiger partial charge in [-0.25, -0.2) is 0 Å². The van der Waals surface area contributed by atoms with Crippen LogP contribution in [0, 0.1) is 5.92 Å². The molecule has 0 aromatic carbocycles. The number of rotatable bonds is 5. The maximum Gasteiger partial charge on any atom is 0.0908 e. The first kappa shape index (κ1) is 10.3. The summed E-state index contributed by atoms with van der Waals surface area (Å²) in [6.45, 7) is 1.19. The summed E-state index contributed by atoms with van der Waals surface area (Å²) >= 11 is 5.42. The van der Waals surface area contributed by atoms with Gasteiger partial charge in [-0.2, -0.15) is 0 Å². The second-order valence-electron chi connectivity index (χ2n) is 3.50. The van der Waals surface area contributed by atoms with Gasteiger partial charge in [-0.3, -0.25) is 0 Å². The predicted molar refractivity (Wildman–Crippen MR) is 49.5 cm³/mol. The molecular formula is C9H17ClO2. The van der Waals surface area contributed by atoms with Crippen molar-refractivity contribution in [2.45, 2.75) is 31.8 Å². The lowest BCUT2D eigenvalue weighted by atomic mass is 10.1. The molecule has 0 radical (unpaired) electrons. The van der Waals surface area contributed by atoms with Gasteiger partial charge in [0.05, 0.1) is 18.6 Å². The molecule has 1 aliphatic rings. The highest BCUT2D eigenvalue weighted by Gasteiger charge is 2.15. The van der Waals surface area contributed by atoms with Gasteiger partial charge in [0, 0.05) is 6.61 Å². The fourth-order valence-electron chi connectivity index (χ4n) is 1.59. The molecule has 1 unspecified atom stereocenters. The molecular weight excluding hydrogens is 176 g/mol. The second-order valence-corrected chi connectivity index (χ2v) is 3.80. The van der Waals surface area contributed by atoms with Gasteiger partial charge >= 0.3 is 0 Å². The molecule has 1 atom stereocenters. The Hall–Kier alpha value is 0.210. The summed E-state index contributed by atoms with van der Waals surface area (Å²) in [6.07, 6.45) is 4.76. The minimum Gasteiger partial charge on any atom is -0.389 e. The first-order valence-corrected chi connectivity index (χ1v) is 5.18. The lowest BCUT2D eigenvalue weighted by Gasteiger charge is -2.11. The van der Waals surface area contributed by atoms with Crippen LogP contribution in [0.15, 0.2) is 0 Å². The minimum absolute atomic E-state index is 0.269. The Morgan fingerprint density at radius 1 is 1.42 bits per heavy atom. The van der Waals surface area contributed by atoms with Crippen LogP contribution in [-0.4, -0.2) is 30.3 Å². The van der Waals surface area contributed by atoms with E-state index in [1.54, 1.807) is 0 Å². The first-order valence-electron chi connectivity index (χ1n) is 4.64. The second kappa shape index (κ2) is 5.79. The fourth-order valence-corrected chi connectivity index (χ4v) is 1.68. The normalized spacial score (nSPS) is 21.5. The van der Waals surface area contributed by atoms with Gasteiger partial charge in [-0.15, -0.1) is 11.6 Å². The maximum absolute atomic E-state index is 9.07. The van der Waals surface area contributed by atoms with Crippen molar-refractivity contribution in [2.75, 3.05) is 19.1 Å². The lowest BCUT2D eigenvalue weighted by molar-refractivity contribution is 0.0317. The third-order valence-corrected chi connectivity index (χ3v) is 2.67. The van der Waals surface area contributed by atoms with E-state index in [-0.39, 0.29) is 5.88 Å². The van der Waals surface area contributed by atoms with Crippen LogP contribution >= 0.6 is 11.6 Å². The highest BCUT2D eigenvalue weighted by atomic mass is 35.5. The highest BCUT2D eigenvalue weighted by Crippen LogP contribution is 2.24. The Kier molecular flexibility index (Phi) is 4.96. The molecule has 3 heteroatoms. The molecule has 1 rings (SSSR count). The number of alkyl halides is 1. The Morgan fingerprint density at radius 2 is 2.08 bits per heavy atom. The molecule has 1 aliphatic carbocycles. The van der Waals surface area contributed by atoms with Crippen LogP contribution in [-0.2, 0) is 4.74 Å². The van der Waals surface area contributed by atoms with E-state index in [9.17, 15) is 0 Å². The molecule has 0 saturated heterocycles. The van der Waals surface area contributed by atoms with E-state index in [1.165, 1.54) is 25.7 Å². The van der Waals surface area contributed by atoms with Gasteiger partial charge in [0.25, 0.3) is 0 Å². The molecule has 1 fully saturated rings. The summed E-state index contributed by atoms with van der Waals surface area (Å²) in [5.74, 6) is 0.998. The first-order chi connectivity index (χ1) is 5.83. The van der Waals surface area contributed by atoms with Crippen molar-refractivity contribution in [3.63, 3.8) is 0 Å². The van der Waals surface area contributed by atoms with Crippen molar-refractivity contribution >= 4 is 11.6 Å². The van der Waals surface area contributed by atoms with E-state index in [1.807, 2.05) is 0 Å². The average Bonchev–Trinajstić information content (AvgIpc) is 2.57. The molecule has 0 aromatic rings. The number of ether oxygens (including phenoxy) is 1. The van der Waals surface area contributed by atoms with Crippen LogP contribution in [0.3, 0.4) is 0 Å². The molecule has 0 amide bonds. The quantitative estimate of drug-likeness (QED) is 0.674. The molecule has 72 valence electrons. The third-order valence-electron chi connectivity index (χ3n) is 2.32. The summed E-state index contributed by atoms with van der Waals surface area (Å²) in [5, 5.41) is 9.07. The van der Waals surface area contributed by atoms with Crippen molar-refractivity contribution in [1.29, 1.82) is 0 Å². The minimum atomic E-state index is -0.493. The van der Waals surface area contributed by atoms with Gasteiger partial charge in [0.1, 0.15) is 0 Å². The Morgan fingerprint density at radius 3 is 2.67 bits per heavy atom. The summed E-state index contributed by atoms with van der Waals surface area (Å²) in [7, 11) is 0. The van der Waals surface area contributed by atoms with E-state index < -0.39 is 6.10 Å². The number of aliphatic hydroxyl groups excluding tert-OH is 1.